The van der Waals surface area contributed by atoms with Crippen LogP contribution in [0.15, 0.2) is 0 Å². The molecule has 0 aliphatic carbocycles. The predicted octanol–water partition coefficient (Wildman–Crippen LogP) is 1.64. The third-order valence-electron chi connectivity index (χ3n) is 1.94. The van der Waals surface area contributed by atoms with E-state index in [9.17, 15) is 13.2 Å². The highest BCUT2D eigenvalue weighted by Crippen LogP contribution is 2.13. The van der Waals surface area contributed by atoms with E-state index in [1.807, 2.05) is 0 Å². The molecule has 0 radical (unpaired) electrons. The minimum absolute atomic E-state index is 0.648. The molecule has 1 fully saturated rings. The smallest absolute Gasteiger partial charge is 0.475 e. The number of nitrogens with zero attached hydrogens (tertiary/aromatic N) is 1. The SMILES string of the molecule is CCN1CCC(S)C1.O=C(O)C(F)(F)F. The van der Waals surface area contributed by atoms with Crippen LogP contribution in [-0.4, -0.2) is 47.0 Å². The second kappa shape index (κ2) is 6.22. The second-order valence-electron chi connectivity index (χ2n) is 3.14. The van der Waals surface area contributed by atoms with Gasteiger partial charge in [-0.05, 0) is 19.5 Å². The van der Waals surface area contributed by atoms with E-state index in [4.69, 9.17) is 9.90 Å². The largest absolute Gasteiger partial charge is 0.490 e. The summed E-state index contributed by atoms with van der Waals surface area (Å²) in [5, 5.41) is 7.77. The van der Waals surface area contributed by atoms with Gasteiger partial charge in [0.25, 0.3) is 0 Å². The topological polar surface area (TPSA) is 40.5 Å². The molecule has 1 unspecified atom stereocenters. The Balaban J connectivity index is 0.000000265. The Morgan fingerprint density at radius 2 is 2.07 bits per heavy atom. The number of carboxylic acid groups (broad SMARTS) is 1. The van der Waals surface area contributed by atoms with Gasteiger partial charge in [-0.25, -0.2) is 4.79 Å². The quantitative estimate of drug-likeness (QED) is 0.690. The minimum Gasteiger partial charge on any atom is -0.475 e. The van der Waals surface area contributed by atoms with E-state index >= 15 is 0 Å². The van der Waals surface area contributed by atoms with Gasteiger partial charge in [0.05, 0.1) is 0 Å². The third kappa shape index (κ3) is 6.62. The molecule has 15 heavy (non-hydrogen) atoms. The van der Waals surface area contributed by atoms with Gasteiger partial charge in [-0.1, -0.05) is 6.92 Å². The van der Waals surface area contributed by atoms with Crippen molar-refractivity contribution in [3.05, 3.63) is 0 Å². The van der Waals surface area contributed by atoms with E-state index in [-0.39, 0.29) is 0 Å². The average Bonchev–Trinajstić information content (AvgIpc) is 2.50. The summed E-state index contributed by atoms with van der Waals surface area (Å²) in [4.78, 5) is 11.3. The molecule has 0 aromatic rings. The van der Waals surface area contributed by atoms with Gasteiger partial charge in [0.1, 0.15) is 0 Å². The van der Waals surface area contributed by atoms with E-state index in [1.54, 1.807) is 0 Å². The third-order valence-corrected chi connectivity index (χ3v) is 2.36. The van der Waals surface area contributed by atoms with Crippen molar-refractivity contribution in [2.45, 2.75) is 24.8 Å². The fraction of sp³-hybridized carbons (Fsp3) is 0.875. The normalized spacial score (nSPS) is 22.1. The molecule has 1 heterocycles. The fourth-order valence-electron chi connectivity index (χ4n) is 1.10. The first-order valence-electron chi connectivity index (χ1n) is 4.48. The van der Waals surface area contributed by atoms with E-state index in [0.29, 0.717) is 5.25 Å². The molecule has 1 atom stereocenters. The van der Waals surface area contributed by atoms with Crippen LogP contribution in [0.1, 0.15) is 13.3 Å². The maximum atomic E-state index is 10.6. The predicted molar refractivity (Wildman–Crippen MR) is 53.2 cm³/mol. The number of halogens is 3. The zero-order valence-electron chi connectivity index (χ0n) is 8.29. The molecule has 0 aromatic heterocycles. The number of thiol groups is 1. The number of rotatable bonds is 1. The zero-order valence-corrected chi connectivity index (χ0v) is 9.18. The first-order valence-corrected chi connectivity index (χ1v) is 4.99. The highest BCUT2D eigenvalue weighted by atomic mass is 32.1. The Bertz CT molecular complexity index is 211. The van der Waals surface area contributed by atoms with Gasteiger partial charge in [0.15, 0.2) is 0 Å². The molecular formula is C8H14F3NO2S. The molecule has 0 spiro atoms. The molecule has 0 amide bonds. The Hall–Kier alpha value is -0.430. The number of alkyl halides is 3. The van der Waals surface area contributed by atoms with E-state index < -0.39 is 12.1 Å². The van der Waals surface area contributed by atoms with Crippen molar-refractivity contribution in [2.75, 3.05) is 19.6 Å². The fourth-order valence-corrected chi connectivity index (χ4v) is 1.45. The van der Waals surface area contributed by atoms with Crippen molar-refractivity contribution in [1.82, 2.24) is 4.90 Å². The van der Waals surface area contributed by atoms with Crippen LogP contribution in [0.3, 0.4) is 0 Å². The van der Waals surface area contributed by atoms with Crippen molar-refractivity contribution >= 4 is 18.6 Å². The van der Waals surface area contributed by atoms with Gasteiger partial charge in [0.2, 0.25) is 0 Å². The monoisotopic (exact) mass is 245 g/mol. The van der Waals surface area contributed by atoms with Gasteiger partial charge >= 0.3 is 12.1 Å². The summed E-state index contributed by atoms with van der Waals surface area (Å²) in [7, 11) is 0. The molecule has 1 saturated heterocycles. The number of aliphatic carboxylic acids is 1. The summed E-state index contributed by atoms with van der Waals surface area (Å²) in [5.41, 5.74) is 0. The van der Waals surface area contributed by atoms with Crippen molar-refractivity contribution < 1.29 is 23.1 Å². The number of hydrogen-bond donors (Lipinski definition) is 2. The molecule has 1 N–H and O–H groups in total. The molecular weight excluding hydrogens is 231 g/mol. The van der Waals surface area contributed by atoms with Crippen LogP contribution in [0, 0.1) is 0 Å². The van der Waals surface area contributed by atoms with Crippen LogP contribution in [0.25, 0.3) is 0 Å². The summed E-state index contributed by atoms with van der Waals surface area (Å²) < 4.78 is 31.7. The zero-order chi connectivity index (χ0) is 12.1. The molecule has 1 rings (SSSR count). The maximum absolute atomic E-state index is 10.6. The lowest BCUT2D eigenvalue weighted by atomic mass is 10.4. The van der Waals surface area contributed by atoms with Gasteiger partial charge in [0, 0.05) is 11.8 Å². The van der Waals surface area contributed by atoms with Gasteiger partial charge in [-0.2, -0.15) is 25.8 Å². The summed E-state index contributed by atoms with van der Waals surface area (Å²) >= 11 is 4.36. The lowest BCUT2D eigenvalue weighted by Crippen LogP contribution is -2.21. The van der Waals surface area contributed by atoms with E-state index in [0.717, 1.165) is 0 Å². The van der Waals surface area contributed by atoms with Crippen LogP contribution in [0.2, 0.25) is 0 Å². The molecule has 0 aromatic carbocycles. The van der Waals surface area contributed by atoms with Gasteiger partial charge < -0.3 is 10.0 Å². The molecule has 3 nitrogen and oxygen atoms in total. The molecule has 1 aliphatic heterocycles. The highest BCUT2D eigenvalue weighted by molar-refractivity contribution is 7.81. The van der Waals surface area contributed by atoms with Crippen molar-refractivity contribution in [3.8, 4) is 0 Å². The average molecular weight is 245 g/mol. The Labute approximate surface area is 91.7 Å². The molecule has 7 heteroatoms. The van der Waals surface area contributed by atoms with Crippen molar-refractivity contribution in [1.29, 1.82) is 0 Å². The first-order chi connectivity index (χ1) is 6.77. The van der Waals surface area contributed by atoms with E-state index in [1.165, 1.54) is 26.1 Å². The van der Waals surface area contributed by atoms with Crippen molar-refractivity contribution in [3.63, 3.8) is 0 Å². The molecule has 0 saturated carbocycles. The standard InChI is InChI=1S/C6H13NS.C2HF3O2/c1-2-7-4-3-6(8)5-7;3-2(4,5)1(6)7/h6,8H,2-5H2,1H3;(H,6,7). The Morgan fingerprint density at radius 3 is 2.20 bits per heavy atom. The minimum atomic E-state index is -5.08. The summed E-state index contributed by atoms with van der Waals surface area (Å²) in [6.45, 7) is 5.84. The van der Waals surface area contributed by atoms with Crippen molar-refractivity contribution in [2.24, 2.45) is 0 Å². The van der Waals surface area contributed by atoms with Crippen LogP contribution in [0.4, 0.5) is 13.2 Å². The number of hydrogen-bond acceptors (Lipinski definition) is 3. The van der Waals surface area contributed by atoms with E-state index in [2.05, 4.69) is 24.5 Å². The number of carboxylic acids is 1. The molecule has 90 valence electrons. The lowest BCUT2D eigenvalue weighted by Gasteiger charge is -2.09. The summed E-state index contributed by atoms with van der Waals surface area (Å²) in [6.07, 6.45) is -3.81. The van der Waals surface area contributed by atoms with Gasteiger partial charge in [-0.15, -0.1) is 0 Å². The first kappa shape index (κ1) is 14.6. The van der Waals surface area contributed by atoms with Crippen LogP contribution >= 0.6 is 12.6 Å². The Kier molecular flexibility index (Phi) is 6.04. The Morgan fingerprint density at radius 1 is 1.60 bits per heavy atom. The van der Waals surface area contributed by atoms with Gasteiger partial charge in [-0.3, -0.25) is 0 Å². The maximum Gasteiger partial charge on any atom is 0.490 e. The second-order valence-corrected chi connectivity index (χ2v) is 3.87. The highest BCUT2D eigenvalue weighted by Gasteiger charge is 2.38. The van der Waals surface area contributed by atoms with Crippen LogP contribution < -0.4 is 0 Å². The molecule has 1 aliphatic rings. The van der Waals surface area contributed by atoms with Crippen LogP contribution in [0.5, 0.6) is 0 Å². The summed E-state index contributed by atoms with van der Waals surface area (Å²) in [5.74, 6) is -2.76. The number of likely N-dealkylation sites (tertiary alicyclic amines) is 1. The summed E-state index contributed by atoms with van der Waals surface area (Å²) in [6, 6.07) is 0. The van der Waals surface area contributed by atoms with Crippen LogP contribution in [-0.2, 0) is 4.79 Å². The molecule has 0 bridgehead atoms. The number of carbonyl (C=O) groups is 1. The lowest BCUT2D eigenvalue weighted by molar-refractivity contribution is -0.192.